The van der Waals surface area contributed by atoms with E-state index in [1.807, 2.05) is 13.8 Å². The molecule has 16 nitrogen and oxygen atoms in total. The molecular weight excluding hydrogens is 568 g/mol. The molecule has 4 atom stereocenters. The molecule has 0 saturated carbocycles. The van der Waals surface area contributed by atoms with E-state index in [-0.39, 0.29) is 53.8 Å². The topological polar surface area (TPSA) is 203 Å². The van der Waals surface area contributed by atoms with Crippen LogP contribution in [0.4, 0.5) is 10.5 Å². The summed E-state index contributed by atoms with van der Waals surface area (Å²) in [6, 6.07) is 3.88. The smallest absolute Gasteiger partial charge is 0.434 e. The highest BCUT2D eigenvalue weighted by molar-refractivity contribution is 6.06. The van der Waals surface area contributed by atoms with Gasteiger partial charge in [0.1, 0.15) is 25.2 Å². The number of benzene rings is 1. The number of nitrogens with zero attached hydrogens (tertiary/aromatic N) is 6. The minimum Gasteiger partial charge on any atom is -0.434 e. The van der Waals surface area contributed by atoms with E-state index >= 15 is 0 Å². The van der Waals surface area contributed by atoms with Gasteiger partial charge in [-0.3, -0.25) is 19.7 Å². The summed E-state index contributed by atoms with van der Waals surface area (Å²) in [4.78, 5) is 75.7. The van der Waals surface area contributed by atoms with Gasteiger partial charge in [0.2, 0.25) is 5.91 Å². The quantitative estimate of drug-likeness (QED) is 0.113. The average Bonchev–Trinajstić information content (AvgIpc) is 3.54. The first-order chi connectivity index (χ1) is 20.4. The van der Waals surface area contributed by atoms with Crippen molar-refractivity contribution in [3.8, 4) is 0 Å². The molecule has 1 saturated heterocycles. The van der Waals surface area contributed by atoms with Crippen LogP contribution >= 0.6 is 0 Å². The molecule has 1 aromatic carbocycles. The standard InChI is InChI=1S/C27H30N6O10/c1-14(2)11-41-27(38)42-12-20-16(4)22-21(15(3)9-19(34)10-31-13-28-29-30-31)24(35)32(22)23(20)26(37)43-25(36)17-5-7-18(8-6-17)33(39)40/h5-8,13-16,21-22H,9-12H2,1-4H3/t15?,16-,21+,22+/m0/s1. The molecule has 16 heteroatoms. The van der Waals surface area contributed by atoms with Crippen molar-refractivity contribution in [2.45, 2.75) is 46.7 Å². The Labute approximate surface area is 245 Å². The van der Waals surface area contributed by atoms with Crippen LogP contribution in [-0.4, -0.2) is 79.1 Å². The largest absolute Gasteiger partial charge is 0.508 e. The zero-order valence-electron chi connectivity index (χ0n) is 23.9. The van der Waals surface area contributed by atoms with Crippen LogP contribution in [0, 0.1) is 33.8 Å². The number of tetrazole rings is 1. The van der Waals surface area contributed by atoms with E-state index in [9.17, 15) is 34.1 Å². The van der Waals surface area contributed by atoms with Crippen LogP contribution < -0.4 is 0 Å². The molecule has 0 radical (unpaired) electrons. The number of hydrogen-bond acceptors (Lipinski definition) is 13. The second-order valence-electron chi connectivity index (χ2n) is 10.8. The molecular formula is C27H30N6O10. The van der Waals surface area contributed by atoms with E-state index in [1.165, 1.54) is 15.9 Å². The predicted molar refractivity (Wildman–Crippen MR) is 143 cm³/mol. The van der Waals surface area contributed by atoms with Gasteiger partial charge in [0.15, 0.2) is 5.78 Å². The summed E-state index contributed by atoms with van der Waals surface area (Å²) < 4.78 is 16.6. The molecule has 1 aromatic heterocycles. The minimum absolute atomic E-state index is 0.0408. The van der Waals surface area contributed by atoms with Gasteiger partial charge in [-0.2, -0.15) is 0 Å². The first kappa shape index (κ1) is 30.9. The number of amides is 1. The lowest BCUT2D eigenvalue weighted by Crippen LogP contribution is -2.62. The van der Waals surface area contributed by atoms with Gasteiger partial charge in [0.05, 0.1) is 29.1 Å². The molecule has 43 heavy (non-hydrogen) atoms. The number of β-lactam (4-membered cyclic amide) rings is 1. The van der Waals surface area contributed by atoms with Gasteiger partial charge in [0, 0.05) is 30.0 Å². The summed E-state index contributed by atoms with van der Waals surface area (Å²) in [5.41, 5.74) is -0.377. The molecule has 2 aromatic rings. The van der Waals surface area contributed by atoms with Crippen LogP contribution in [0.3, 0.4) is 0 Å². The number of ether oxygens (including phenoxy) is 3. The molecule has 0 bridgehead atoms. The maximum absolute atomic E-state index is 13.4. The summed E-state index contributed by atoms with van der Waals surface area (Å²) in [5.74, 6) is -4.41. The van der Waals surface area contributed by atoms with Crippen LogP contribution in [0.25, 0.3) is 0 Å². The highest BCUT2D eigenvalue weighted by Crippen LogP contribution is 2.49. The number of ketones is 1. The van der Waals surface area contributed by atoms with E-state index in [0.717, 1.165) is 24.3 Å². The van der Waals surface area contributed by atoms with E-state index in [1.54, 1.807) is 13.8 Å². The number of nitro benzene ring substituents is 1. The fourth-order valence-electron chi connectivity index (χ4n) is 5.22. The van der Waals surface area contributed by atoms with Crippen LogP contribution in [0.15, 0.2) is 41.9 Å². The highest BCUT2D eigenvalue weighted by Gasteiger charge is 2.60. The SMILES string of the molecule is CC(C)COC(=O)OCC1=C(C(=O)OC(=O)c2ccc([N+](=O)[O-])cc2)N2C(=O)[C@H](C(C)CC(=O)Cn3cnnn3)[C@H]2[C@H]1C. The zero-order chi connectivity index (χ0) is 31.4. The first-order valence-corrected chi connectivity index (χ1v) is 13.5. The van der Waals surface area contributed by atoms with Gasteiger partial charge < -0.3 is 19.1 Å². The third kappa shape index (κ3) is 6.73. The average molecular weight is 599 g/mol. The number of aromatic nitrogens is 4. The van der Waals surface area contributed by atoms with Gasteiger partial charge in [0.25, 0.3) is 5.69 Å². The fourth-order valence-corrected chi connectivity index (χ4v) is 5.22. The van der Waals surface area contributed by atoms with Gasteiger partial charge in [-0.25, -0.2) is 19.1 Å². The van der Waals surface area contributed by atoms with Gasteiger partial charge in [-0.1, -0.05) is 27.7 Å². The normalized spacial score (nSPS) is 19.9. The fraction of sp³-hybridized carbons (Fsp3) is 0.481. The summed E-state index contributed by atoms with van der Waals surface area (Å²) in [7, 11) is 0. The molecule has 0 aliphatic carbocycles. The Balaban J connectivity index is 1.52. The molecule has 1 unspecified atom stereocenters. The zero-order valence-corrected chi connectivity index (χ0v) is 23.9. The number of carbonyl (C=O) groups excluding carboxylic acids is 5. The number of nitro groups is 1. The van der Waals surface area contributed by atoms with Gasteiger partial charge in [-0.05, 0) is 34.4 Å². The molecule has 0 spiro atoms. The number of hydrogen-bond donors (Lipinski definition) is 0. The number of rotatable bonds is 12. The Bertz CT molecular complexity index is 1450. The van der Waals surface area contributed by atoms with Crippen LogP contribution in [0.5, 0.6) is 0 Å². The molecule has 4 rings (SSSR count). The van der Waals surface area contributed by atoms with Crippen molar-refractivity contribution in [2.75, 3.05) is 13.2 Å². The minimum atomic E-state index is -1.15. The van der Waals surface area contributed by atoms with Crippen molar-refractivity contribution in [1.82, 2.24) is 25.1 Å². The number of esters is 2. The van der Waals surface area contributed by atoms with E-state index in [2.05, 4.69) is 15.5 Å². The second-order valence-corrected chi connectivity index (χ2v) is 10.8. The van der Waals surface area contributed by atoms with Crippen molar-refractivity contribution in [2.24, 2.45) is 23.7 Å². The third-order valence-corrected chi connectivity index (χ3v) is 7.26. The Kier molecular flexibility index (Phi) is 9.26. The lowest BCUT2D eigenvalue weighted by Gasteiger charge is -2.48. The molecule has 2 aliphatic rings. The van der Waals surface area contributed by atoms with E-state index in [4.69, 9.17) is 14.2 Å². The molecule has 1 amide bonds. The van der Waals surface area contributed by atoms with Crippen molar-refractivity contribution in [1.29, 1.82) is 0 Å². The second kappa shape index (κ2) is 12.9. The summed E-state index contributed by atoms with van der Waals surface area (Å²) in [5, 5.41) is 21.6. The van der Waals surface area contributed by atoms with Crippen molar-refractivity contribution >= 4 is 35.5 Å². The lowest BCUT2D eigenvalue weighted by atomic mass is 9.72. The molecule has 228 valence electrons. The van der Waals surface area contributed by atoms with Crippen molar-refractivity contribution in [3.05, 3.63) is 57.5 Å². The summed E-state index contributed by atoms with van der Waals surface area (Å²) >= 11 is 0. The molecule has 1 fully saturated rings. The van der Waals surface area contributed by atoms with Crippen molar-refractivity contribution < 1.29 is 43.1 Å². The van der Waals surface area contributed by atoms with E-state index < -0.39 is 59.3 Å². The predicted octanol–water partition coefficient (Wildman–Crippen LogP) is 2.10. The first-order valence-electron chi connectivity index (χ1n) is 13.5. The van der Waals surface area contributed by atoms with Crippen molar-refractivity contribution in [3.63, 3.8) is 0 Å². The highest BCUT2D eigenvalue weighted by atomic mass is 16.7. The number of carbonyl (C=O) groups is 5. The van der Waals surface area contributed by atoms with Crippen LogP contribution in [-0.2, 0) is 35.1 Å². The molecule has 3 heterocycles. The van der Waals surface area contributed by atoms with Crippen LogP contribution in [0.1, 0.15) is 44.5 Å². The number of Topliss-reactive ketones (excluding diaryl/α,β-unsaturated/α-hetero) is 1. The Morgan fingerprint density at radius 2 is 1.77 bits per heavy atom. The maximum Gasteiger partial charge on any atom is 0.508 e. The van der Waals surface area contributed by atoms with Crippen LogP contribution in [0.2, 0.25) is 0 Å². The number of non-ortho nitro benzene ring substituents is 1. The lowest BCUT2D eigenvalue weighted by molar-refractivity contribution is -0.384. The van der Waals surface area contributed by atoms with E-state index in [0.29, 0.717) is 0 Å². The summed E-state index contributed by atoms with van der Waals surface area (Å²) in [6.07, 6.45) is 0.372. The van der Waals surface area contributed by atoms with Gasteiger partial charge >= 0.3 is 18.1 Å². The van der Waals surface area contributed by atoms with Gasteiger partial charge in [-0.15, -0.1) is 5.10 Å². The third-order valence-electron chi connectivity index (χ3n) is 7.26. The molecule has 2 aliphatic heterocycles. The molecule has 0 N–H and O–H groups in total. The Morgan fingerprint density at radius 3 is 2.37 bits per heavy atom. The summed E-state index contributed by atoms with van der Waals surface area (Å²) in [6.45, 7) is 6.81. The Morgan fingerprint density at radius 1 is 1.07 bits per heavy atom. The maximum atomic E-state index is 13.4. The Hall–Kier alpha value is -5.02. The monoisotopic (exact) mass is 598 g/mol. The number of fused-ring (bicyclic) bond motifs is 1.